The number of hydrogen-bond donors (Lipinski definition) is 3. The third-order valence-electron chi connectivity index (χ3n) is 6.20. The van der Waals surface area contributed by atoms with E-state index in [1.807, 2.05) is 65.6 Å². The molecule has 4 rings (SSSR count). The fraction of sp³-hybridized carbons (Fsp3) is 0.300. The van der Waals surface area contributed by atoms with Crippen LogP contribution in [0.25, 0.3) is 5.69 Å². The van der Waals surface area contributed by atoms with Crippen molar-refractivity contribution in [3.63, 3.8) is 0 Å². The van der Waals surface area contributed by atoms with Crippen molar-refractivity contribution in [1.82, 2.24) is 20.0 Å². The lowest BCUT2D eigenvalue weighted by Gasteiger charge is -2.28. The van der Waals surface area contributed by atoms with Crippen molar-refractivity contribution in [2.45, 2.75) is 32.7 Å². The number of para-hydroxylation sites is 2. The van der Waals surface area contributed by atoms with Gasteiger partial charge in [-0.1, -0.05) is 63.7 Å². The van der Waals surface area contributed by atoms with Crippen LogP contribution in [0.4, 0.5) is 10.6 Å². The molecule has 0 unspecified atom stereocenters. The number of carbonyl (C=O) groups excluding carboxylic acids is 1. The topological polar surface area (TPSA) is 119 Å². The van der Waals surface area contributed by atoms with Crippen LogP contribution in [0.5, 0.6) is 5.75 Å². The lowest BCUT2D eigenvalue weighted by molar-refractivity contribution is 0.0533. The molecule has 0 aliphatic carbocycles. The van der Waals surface area contributed by atoms with Crippen molar-refractivity contribution < 1.29 is 14.3 Å². The number of aromatic nitrogens is 2. The van der Waals surface area contributed by atoms with Crippen molar-refractivity contribution in [2.75, 3.05) is 31.6 Å². The number of nitrogens with one attached hydrogen (secondary N) is 2. The van der Waals surface area contributed by atoms with Gasteiger partial charge >= 0.3 is 6.03 Å². The highest BCUT2D eigenvalue weighted by atomic mass is 16.5. The lowest BCUT2D eigenvalue weighted by Crippen LogP contribution is -2.35. The number of hydrogen-bond acceptors (Lipinski definition) is 7. The number of benzene rings is 2. The Morgan fingerprint density at radius 2 is 1.85 bits per heavy atom. The second-order valence-corrected chi connectivity index (χ2v) is 10.3. The van der Waals surface area contributed by atoms with Crippen LogP contribution in [0, 0.1) is 0 Å². The maximum Gasteiger partial charge on any atom is 0.320 e. The monoisotopic (exact) mass is 543 g/mol. The molecule has 210 valence electrons. The zero-order valence-electron chi connectivity index (χ0n) is 23.3. The van der Waals surface area contributed by atoms with Gasteiger partial charge in [0.25, 0.3) is 0 Å². The second kappa shape index (κ2) is 13.0. The summed E-state index contributed by atoms with van der Waals surface area (Å²) in [4.78, 5) is 19.6. The first-order valence-corrected chi connectivity index (χ1v) is 13.2. The number of nitrogens with zero attached hydrogens (tertiary/aromatic N) is 4. The predicted molar refractivity (Wildman–Crippen MR) is 157 cm³/mol. The molecule has 3 aromatic rings. The number of nitrogens with two attached hydrogens (primary N) is 1. The van der Waals surface area contributed by atoms with E-state index in [0.29, 0.717) is 43.7 Å². The van der Waals surface area contributed by atoms with Crippen LogP contribution in [0.2, 0.25) is 0 Å². The molecule has 2 amide bonds. The smallest absolute Gasteiger partial charge is 0.320 e. The van der Waals surface area contributed by atoms with Gasteiger partial charge in [-0.3, -0.25) is 5.32 Å². The fourth-order valence-electron chi connectivity index (χ4n) is 4.00. The van der Waals surface area contributed by atoms with Crippen LogP contribution >= 0.6 is 0 Å². The first-order chi connectivity index (χ1) is 19.2. The highest BCUT2D eigenvalue weighted by Gasteiger charge is 2.21. The highest BCUT2D eigenvalue weighted by molar-refractivity contribution is 5.90. The second-order valence-electron chi connectivity index (χ2n) is 10.3. The van der Waals surface area contributed by atoms with Crippen LogP contribution in [0.1, 0.15) is 32.0 Å². The molecule has 10 heteroatoms. The summed E-state index contributed by atoms with van der Waals surface area (Å²) in [6, 6.07) is 18.6. The Morgan fingerprint density at radius 1 is 1.15 bits per heavy atom. The molecule has 1 fully saturated rings. The molecule has 4 N–H and O–H groups in total. The van der Waals surface area contributed by atoms with Crippen LogP contribution in [0.15, 0.2) is 90.3 Å². The molecule has 0 saturated carbocycles. The summed E-state index contributed by atoms with van der Waals surface area (Å²) in [6.45, 7) is 13.2. The van der Waals surface area contributed by atoms with E-state index in [4.69, 9.17) is 20.3 Å². The molecular weight excluding hydrogens is 506 g/mol. The van der Waals surface area contributed by atoms with E-state index in [1.54, 1.807) is 10.8 Å². The third-order valence-corrected chi connectivity index (χ3v) is 6.20. The van der Waals surface area contributed by atoms with Gasteiger partial charge in [0.05, 0.1) is 24.6 Å². The van der Waals surface area contributed by atoms with Crippen molar-refractivity contribution in [3.8, 4) is 11.4 Å². The molecular formula is C30H37N7O3. The molecule has 0 bridgehead atoms. The van der Waals surface area contributed by atoms with Crippen LogP contribution in [-0.4, -0.2) is 52.9 Å². The molecule has 2 heterocycles. The lowest BCUT2D eigenvalue weighted by atomic mass is 9.92. The summed E-state index contributed by atoms with van der Waals surface area (Å²) in [7, 11) is 0. The van der Waals surface area contributed by atoms with E-state index >= 15 is 0 Å². The molecule has 10 nitrogen and oxygen atoms in total. The quantitative estimate of drug-likeness (QED) is 0.283. The van der Waals surface area contributed by atoms with Gasteiger partial charge in [-0.25, -0.2) is 9.48 Å². The summed E-state index contributed by atoms with van der Waals surface area (Å²) < 4.78 is 13.2. The average Bonchev–Trinajstić information content (AvgIpc) is 3.38. The number of amides is 2. The fourth-order valence-corrected chi connectivity index (χ4v) is 4.00. The van der Waals surface area contributed by atoms with Gasteiger partial charge in [0, 0.05) is 42.8 Å². The first kappa shape index (κ1) is 28.4. The van der Waals surface area contributed by atoms with Crippen molar-refractivity contribution in [1.29, 1.82) is 0 Å². The summed E-state index contributed by atoms with van der Waals surface area (Å²) in [5.74, 6) is 1.97. The summed E-state index contributed by atoms with van der Waals surface area (Å²) in [5.41, 5.74) is 7.95. The zero-order valence-corrected chi connectivity index (χ0v) is 23.3. The van der Waals surface area contributed by atoms with Gasteiger partial charge in [-0.05, 0) is 24.4 Å². The molecule has 40 heavy (non-hydrogen) atoms. The Labute approximate surface area is 235 Å². The Hall–Kier alpha value is -4.57. The third kappa shape index (κ3) is 7.51. The van der Waals surface area contributed by atoms with Gasteiger partial charge < -0.3 is 25.4 Å². The Bertz CT molecular complexity index is 1370. The number of anilines is 1. The van der Waals surface area contributed by atoms with Crippen molar-refractivity contribution in [2.24, 2.45) is 10.7 Å². The number of aliphatic imine (C=N–C) groups is 1. The number of carbonyl (C=O) groups is 1. The van der Waals surface area contributed by atoms with Crippen LogP contribution in [-0.2, 0) is 16.7 Å². The van der Waals surface area contributed by atoms with Crippen LogP contribution < -0.4 is 21.1 Å². The van der Waals surface area contributed by atoms with E-state index in [0.717, 1.165) is 16.9 Å². The standard InChI is InChI=1S/C30H37N7O3/c1-22(36-16-18-39-19-17-36)33-28(14-15-31)40-25-13-9-8-10-23(25)21-32-29(38)34-27-20-26(30(2,3)4)35-37(27)24-11-6-5-7-12-24/h5-15,20H,1,16-19,21,31H2,2-4H3,(H2,32,34,38)/b15-14-,33-28+. The largest absolute Gasteiger partial charge is 0.439 e. The Balaban J connectivity index is 1.46. The minimum Gasteiger partial charge on any atom is -0.439 e. The minimum atomic E-state index is -0.371. The highest BCUT2D eigenvalue weighted by Crippen LogP contribution is 2.26. The van der Waals surface area contributed by atoms with E-state index in [2.05, 4.69) is 43.0 Å². The van der Waals surface area contributed by atoms with Crippen molar-refractivity contribution >= 4 is 17.7 Å². The van der Waals surface area contributed by atoms with Crippen LogP contribution in [0.3, 0.4) is 0 Å². The van der Waals surface area contributed by atoms with E-state index in [9.17, 15) is 4.79 Å². The molecule has 1 aliphatic rings. The average molecular weight is 544 g/mol. The maximum atomic E-state index is 13.0. The Kier molecular flexibility index (Phi) is 9.23. The zero-order chi connectivity index (χ0) is 28.5. The van der Waals surface area contributed by atoms with Gasteiger partial charge in [0.2, 0.25) is 5.90 Å². The molecule has 0 spiro atoms. The molecule has 0 radical (unpaired) electrons. The SMILES string of the molecule is C=C(/N=C(\C=C/N)Oc1ccccc1CNC(=O)Nc1cc(C(C)(C)C)nn1-c1ccccc1)N1CCOCC1. The molecule has 0 atom stereocenters. The van der Waals surface area contributed by atoms with Gasteiger partial charge in [0.1, 0.15) is 17.4 Å². The predicted octanol–water partition coefficient (Wildman–Crippen LogP) is 4.54. The van der Waals surface area contributed by atoms with E-state index in [-0.39, 0.29) is 23.9 Å². The van der Waals surface area contributed by atoms with Gasteiger partial charge in [0.15, 0.2) is 0 Å². The normalized spacial score (nSPS) is 14.3. The summed E-state index contributed by atoms with van der Waals surface area (Å²) in [6.07, 6.45) is 2.93. The van der Waals surface area contributed by atoms with E-state index in [1.165, 1.54) is 6.20 Å². The summed E-state index contributed by atoms with van der Waals surface area (Å²) in [5, 5.41) is 10.6. The molecule has 1 aromatic heterocycles. The van der Waals surface area contributed by atoms with Gasteiger partial charge in [-0.15, -0.1) is 0 Å². The van der Waals surface area contributed by atoms with E-state index < -0.39 is 0 Å². The minimum absolute atomic E-state index is 0.187. The summed E-state index contributed by atoms with van der Waals surface area (Å²) >= 11 is 0. The van der Waals surface area contributed by atoms with Gasteiger partial charge in [-0.2, -0.15) is 10.1 Å². The first-order valence-electron chi connectivity index (χ1n) is 13.2. The number of ether oxygens (including phenoxy) is 2. The van der Waals surface area contributed by atoms with Crippen molar-refractivity contribution in [3.05, 3.63) is 96.6 Å². The Morgan fingerprint density at radius 3 is 2.55 bits per heavy atom. The number of urea groups is 1. The molecule has 1 saturated heterocycles. The number of morpholine rings is 1. The molecule has 1 aliphatic heterocycles. The number of rotatable bonds is 8. The maximum absolute atomic E-state index is 13.0. The molecule has 2 aromatic carbocycles.